The molecule has 202 valence electrons. The van der Waals surface area contributed by atoms with Crippen molar-refractivity contribution in [3.63, 3.8) is 0 Å². The molecule has 5 aromatic rings. The summed E-state index contributed by atoms with van der Waals surface area (Å²) in [5.41, 5.74) is 6.20. The Morgan fingerprint density at radius 2 is 1.65 bits per heavy atom. The van der Waals surface area contributed by atoms with Crippen molar-refractivity contribution in [2.45, 2.75) is 6.54 Å². The van der Waals surface area contributed by atoms with Crippen LogP contribution in [0.5, 0.6) is 0 Å². The molecule has 8 nitrogen and oxygen atoms in total. The van der Waals surface area contributed by atoms with Crippen LogP contribution in [0.3, 0.4) is 0 Å². The van der Waals surface area contributed by atoms with E-state index in [0.29, 0.717) is 11.5 Å². The molecule has 40 heavy (non-hydrogen) atoms. The number of halogens is 1. The molecule has 6 rings (SSSR count). The molecule has 1 aliphatic rings. The lowest BCUT2D eigenvalue weighted by molar-refractivity contribution is 0.102. The number of amides is 1. The number of likely N-dealkylation sites (N-methyl/N-ethyl adjacent to an activating group) is 1. The van der Waals surface area contributed by atoms with Crippen molar-refractivity contribution in [1.29, 1.82) is 0 Å². The molecule has 1 saturated heterocycles. The SMILES string of the molecule is CN1CCN(Cc2ccc(C(=O)Nc3ccc(Nc4nc(-c5cccc(Br)c5)cc5ccnn45)cc3)cc2)CC1. The summed E-state index contributed by atoms with van der Waals surface area (Å²) in [6.45, 7) is 5.25. The molecule has 1 aliphatic heterocycles. The standard InChI is InChI=1S/C31H30BrN7O/c1-37-15-17-38(18-16-37)21-22-5-7-23(8-6-22)30(40)34-26-9-11-27(12-10-26)35-31-36-29(20-28-13-14-33-39(28)31)24-3-2-4-25(32)19-24/h2-14,19-20H,15-18,21H2,1H3,(H,34,40)(H,35,36). The minimum Gasteiger partial charge on any atom is -0.324 e. The highest BCUT2D eigenvalue weighted by Crippen LogP contribution is 2.26. The minimum absolute atomic E-state index is 0.131. The lowest BCUT2D eigenvalue weighted by atomic mass is 10.1. The molecule has 0 unspecified atom stereocenters. The fourth-order valence-electron chi connectivity index (χ4n) is 4.81. The van der Waals surface area contributed by atoms with Gasteiger partial charge in [-0.25, -0.2) is 9.50 Å². The van der Waals surface area contributed by atoms with Crippen LogP contribution in [0.1, 0.15) is 15.9 Å². The van der Waals surface area contributed by atoms with Crippen molar-refractivity contribution in [1.82, 2.24) is 24.4 Å². The summed E-state index contributed by atoms with van der Waals surface area (Å²) in [6, 6.07) is 27.5. The molecule has 0 aliphatic carbocycles. The topological polar surface area (TPSA) is 77.8 Å². The van der Waals surface area contributed by atoms with Gasteiger partial charge in [0.05, 0.1) is 17.4 Å². The molecule has 2 N–H and O–H groups in total. The van der Waals surface area contributed by atoms with Crippen LogP contribution in [0, 0.1) is 0 Å². The summed E-state index contributed by atoms with van der Waals surface area (Å²) in [7, 11) is 2.16. The smallest absolute Gasteiger partial charge is 0.255 e. The normalized spacial score (nSPS) is 14.3. The largest absolute Gasteiger partial charge is 0.324 e. The first kappa shape index (κ1) is 26.2. The van der Waals surface area contributed by atoms with Crippen LogP contribution in [0.25, 0.3) is 16.8 Å². The lowest BCUT2D eigenvalue weighted by Crippen LogP contribution is -2.43. The first-order valence-corrected chi connectivity index (χ1v) is 14.1. The maximum absolute atomic E-state index is 12.9. The Bertz CT molecular complexity index is 1620. The lowest BCUT2D eigenvalue weighted by Gasteiger charge is -2.32. The van der Waals surface area contributed by atoms with E-state index < -0.39 is 0 Å². The summed E-state index contributed by atoms with van der Waals surface area (Å²) in [5, 5.41) is 10.8. The van der Waals surface area contributed by atoms with Crippen molar-refractivity contribution in [2.75, 3.05) is 43.9 Å². The average molecular weight is 597 g/mol. The summed E-state index contributed by atoms with van der Waals surface area (Å²) >= 11 is 3.54. The molecule has 2 aromatic heterocycles. The fourth-order valence-corrected chi connectivity index (χ4v) is 5.20. The van der Waals surface area contributed by atoms with Crippen LogP contribution in [0.4, 0.5) is 17.3 Å². The number of hydrogen-bond acceptors (Lipinski definition) is 6. The first-order chi connectivity index (χ1) is 19.5. The van der Waals surface area contributed by atoms with E-state index in [1.54, 1.807) is 10.7 Å². The maximum Gasteiger partial charge on any atom is 0.255 e. The first-order valence-electron chi connectivity index (χ1n) is 13.3. The second kappa shape index (κ2) is 11.6. The molecule has 0 bridgehead atoms. The second-order valence-corrected chi connectivity index (χ2v) is 11.0. The third kappa shape index (κ3) is 6.07. The van der Waals surface area contributed by atoms with Crippen LogP contribution in [0.2, 0.25) is 0 Å². The van der Waals surface area contributed by atoms with Crippen molar-refractivity contribution in [2.24, 2.45) is 0 Å². The Morgan fingerprint density at radius 1 is 0.900 bits per heavy atom. The maximum atomic E-state index is 12.9. The van der Waals surface area contributed by atoms with E-state index in [0.717, 1.165) is 65.3 Å². The summed E-state index contributed by atoms with van der Waals surface area (Å²) in [5.74, 6) is 0.472. The van der Waals surface area contributed by atoms with Gasteiger partial charge in [-0.2, -0.15) is 5.10 Å². The van der Waals surface area contributed by atoms with Crippen molar-refractivity contribution in [3.05, 3.63) is 107 Å². The monoisotopic (exact) mass is 595 g/mol. The third-order valence-electron chi connectivity index (χ3n) is 7.12. The summed E-state index contributed by atoms with van der Waals surface area (Å²) < 4.78 is 2.76. The number of anilines is 3. The number of nitrogens with one attached hydrogen (secondary N) is 2. The predicted octanol–water partition coefficient (Wildman–Crippen LogP) is 5.90. The van der Waals surface area contributed by atoms with Crippen LogP contribution in [-0.2, 0) is 6.54 Å². The number of carbonyl (C=O) groups is 1. The molecule has 0 radical (unpaired) electrons. The van der Waals surface area contributed by atoms with E-state index in [9.17, 15) is 4.79 Å². The Hall–Kier alpha value is -4.05. The highest BCUT2D eigenvalue weighted by molar-refractivity contribution is 9.10. The zero-order valence-corrected chi connectivity index (χ0v) is 23.8. The highest BCUT2D eigenvalue weighted by Gasteiger charge is 2.14. The van der Waals surface area contributed by atoms with Gasteiger partial charge in [0, 0.05) is 59.7 Å². The number of carbonyl (C=O) groups excluding carboxylic acids is 1. The van der Waals surface area contributed by atoms with Gasteiger partial charge in [-0.1, -0.05) is 40.2 Å². The molecular formula is C31H30BrN7O. The molecule has 3 heterocycles. The highest BCUT2D eigenvalue weighted by atomic mass is 79.9. The number of nitrogens with zero attached hydrogens (tertiary/aromatic N) is 5. The molecule has 0 spiro atoms. The second-order valence-electron chi connectivity index (χ2n) is 10.1. The molecule has 9 heteroatoms. The zero-order valence-electron chi connectivity index (χ0n) is 22.2. The number of hydrogen-bond donors (Lipinski definition) is 2. The molecule has 0 saturated carbocycles. The Morgan fingerprint density at radius 3 is 2.40 bits per heavy atom. The van der Waals surface area contributed by atoms with E-state index in [4.69, 9.17) is 4.98 Å². The Kier molecular flexibility index (Phi) is 7.59. The van der Waals surface area contributed by atoms with E-state index in [-0.39, 0.29) is 5.91 Å². The van der Waals surface area contributed by atoms with Crippen molar-refractivity contribution in [3.8, 4) is 11.3 Å². The molecule has 3 aromatic carbocycles. The van der Waals surface area contributed by atoms with Crippen molar-refractivity contribution < 1.29 is 4.79 Å². The zero-order chi connectivity index (χ0) is 27.5. The van der Waals surface area contributed by atoms with Gasteiger partial charge in [0.1, 0.15) is 0 Å². The Labute approximate surface area is 241 Å². The number of benzene rings is 3. The summed E-state index contributed by atoms with van der Waals surface area (Å²) in [6.07, 6.45) is 1.75. The fraction of sp³-hybridized carbons (Fsp3) is 0.194. The number of fused-ring (bicyclic) bond motifs is 1. The quantitative estimate of drug-likeness (QED) is 0.244. The Balaban J connectivity index is 1.11. The van der Waals surface area contributed by atoms with E-state index in [2.05, 4.69) is 48.5 Å². The van der Waals surface area contributed by atoms with Crippen LogP contribution < -0.4 is 10.6 Å². The number of rotatable bonds is 7. The van der Waals surface area contributed by atoms with Gasteiger partial charge in [0.2, 0.25) is 5.95 Å². The van der Waals surface area contributed by atoms with Gasteiger partial charge in [-0.05, 0) is 73.3 Å². The van der Waals surface area contributed by atoms with Gasteiger partial charge < -0.3 is 15.5 Å². The number of aromatic nitrogens is 3. The molecule has 1 amide bonds. The average Bonchev–Trinajstić information content (AvgIpc) is 3.45. The van der Waals surface area contributed by atoms with E-state index >= 15 is 0 Å². The van der Waals surface area contributed by atoms with Gasteiger partial charge in [-0.15, -0.1) is 0 Å². The van der Waals surface area contributed by atoms with Gasteiger partial charge >= 0.3 is 0 Å². The summed E-state index contributed by atoms with van der Waals surface area (Å²) in [4.78, 5) is 22.5. The van der Waals surface area contributed by atoms with Gasteiger partial charge in [0.25, 0.3) is 5.91 Å². The minimum atomic E-state index is -0.131. The van der Waals surface area contributed by atoms with Crippen LogP contribution in [0.15, 0.2) is 95.6 Å². The van der Waals surface area contributed by atoms with Crippen LogP contribution in [-0.4, -0.2) is 63.5 Å². The molecule has 1 fully saturated rings. The van der Waals surface area contributed by atoms with Crippen molar-refractivity contribution >= 4 is 44.7 Å². The number of piperazine rings is 1. The van der Waals surface area contributed by atoms with Gasteiger partial charge in [-0.3, -0.25) is 9.69 Å². The van der Waals surface area contributed by atoms with E-state index in [1.165, 1.54) is 5.56 Å². The van der Waals surface area contributed by atoms with Crippen LogP contribution >= 0.6 is 15.9 Å². The third-order valence-corrected chi connectivity index (χ3v) is 7.61. The van der Waals surface area contributed by atoms with E-state index in [1.807, 2.05) is 84.9 Å². The molecule has 0 atom stereocenters. The predicted molar refractivity (Wildman–Crippen MR) is 163 cm³/mol. The molecular weight excluding hydrogens is 566 g/mol. The van der Waals surface area contributed by atoms with Gasteiger partial charge in [0.15, 0.2) is 0 Å².